The van der Waals surface area contributed by atoms with Crippen molar-refractivity contribution in [2.75, 3.05) is 6.26 Å². The molecule has 0 amide bonds. The zero-order chi connectivity index (χ0) is 17.4. The van der Waals surface area contributed by atoms with E-state index in [0.717, 1.165) is 18.9 Å². The Hall–Kier alpha value is -1.75. The van der Waals surface area contributed by atoms with Crippen LogP contribution in [-0.4, -0.2) is 30.8 Å². The molecule has 0 saturated heterocycles. The molecule has 0 aliphatic heterocycles. The molecule has 0 saturated carbocycles. The van der Waals surface area contributed by atoms with E-state index in [1.165, 1.54) is 29.4 Å². The summed E-state index contributed by atoms with van der Waals surface area (Å²) < 4.78 is 3.46. The number of nitrogens with zero attached hydrogens (tertiary/aromatic N) is 5. The lowest BCUT2D eigenvalue weighted by Gasteiger charge is -2.09. The summed E-state index contributed by atoms with van der Waals surface area (Å²) in [5, 5.41) is 3.86. The Morgan fingerprint density at radius 2 is 2.24 bits per heavy atom. The molecule has 0 aliphatic rings. The summed E-state index contributed by atoms with van der Waals surface area (Å²) in [5.74, 6) is 0. The van der Waals surface area contributed by atoms with Crippen LogP contribution in [0.3, 0.4) is 0 Å². The smallest absolute Gasteiger partial charge is 0.263 e. The van der Waals surface area contributed by atoms with Gasteiger partial charge in [-0.1, -0.05) is 17.8 Å². The minimum atomic E-state index is -0.0620. The van der Waals surface area contributed by atoms with Gasteiger partial charge in [-0.3, -0.25) is 9.36 Å². The van der Waals surface area contributed by atoms with Crippen LogP contribution in [-0.2, 0) is 6.54 Å². The molecule has 0 aliphatic carbocycles. The van der Waals surface area contributed by atoms with E-state index in [4.69, 9.17) is 0 Å². The summed E-state index contributed by atoms with van der Waals surface area (Å²) in [7, 11) is 0. The number of hydrogen-bond acceptors (Lipinski definition) is 9. The first-order valence-corrected chi connectivity index (χ1v) is 10.9. The van der Waals surface area contributed by atoms with Crippen molar-refractivity contribution in [3.63, 3.8) is 0 Å². The minimum absolute atomic E-state index is 0.0620. The molecule has 4 aromatic rings. The van der Waals surface area contributed by atoms with Gasteiger partial charge in [-0.15, -0.1) is 29.3 Å². The van der Waals surface area contributed by atoms with Crippen molar-refractivity contribution < 1.29 is 0 Å². The quantitative estimate of drug-likeness (QED) is 0.216. The Balaban J connectivity index is 1.88. The summed E-state index contributed by atoms with van der Waals surface area (Å²) >= 11 is 5.93. The first kappa shape index (κ1) is 16.7. The highest BCUT2D eigenvalue weighted by Crippen LogP contribution is 2.36. The van der Waals surface area contributed by atoms with Crippen molar-refractivity contribution in [1.29, 1.82) is 0 Å². The molecular weight excluding hydrogens is 394 g/mol. The van der Waals surface area contributed by atoms with Crippen molar-refractivity contribution in [3.05, 3.63) is 40.8 Å². The predicted molar refractivity (Wildman–Crippen MR) is 105 cm³/mol. The fraction of sp³-hybridized carbons (Fsp3) is 0.133. The third kappa shape index (κ3) is 2.99. The van der Waals surface area contributed by atoms with Crippen LogP contribution in [0.5, 0.6) is 0 Å². The van der Waals surface area contributed by atoms with Crippen LogP contribution in [0.15, 0.2) is 49.7 Å². The number of aromatic nitrogens is 5. The van der Waals surface area contributed by atoms with Crippen LogP contribution in [0.1, 0.15) is 0 Å². The van der Waals surface area contributed by atoms with Gasteiger partial charge in [0.2, 0.25) is 0 Å². The van der Waals surface area contributed by atoms with E-state index in [2.05, 4.69) is 26.5 Å². The van der Waals surface area contributed by atoms with Gasteiger partial charge in [0.1, 0.15) is 20.9 Å². The van der Waals surface area contributed by atoms with Crippen LogP contribution in [0, 0.1) is 0 Å². The first-order chi connectivity index (χ1) is 12.2. The fourth-order valence-corrected chi connectivity index (χ4v) is 5.58. The van der Waals surface area contributed by atoms with Crippen molar-refractivity contribution in [2.45, 2.75) is 21.1 Å². The highest BCUT2D eigenvalue weighted by atomic mass is 32.2. The van der Waals surface area contributed by atoms with Gasteiger partial charge in [0.15, 0.2) is 15.1 Å². The molecular formula is C15H11N5OS4. The van der Waals surface area contributed by atoms with Crippen molar-refractivity contribution >= 4 is 66.8 Å². The molecule has 0 radical (unpaired) electrons. The maximum absolute atomic E-state index is 12.7. The number of rotatable bonds is 5. The van der Waals surface area contributed by atoms with E-state index < -0.39 is 0 Å². The lowest BCUT2D eigenvalue weighted by atomic mass is 10.4. The van der Waals surface area contributed by atoms with Gasteiger partial charge >= 0.3 is 0 Å². The Labute approximate surface area is 159 Å². The second-order valence-corrected chi connectivity index (χ2v) is 8.76. The molecule has 4 heterocycles. The van der Waals surface area contributed by atoms with E-state index in [0.29, 0.717) is 22.7 Å². The second-order valence-electron chi connectivity index (χ2n) is 4.86. The van der Waals surface area contributed by atoms with Crippen LogP contribution < -0.4 is 5.56 Å². The average Bonchev–Trinajstić information content (AvgIpc) is 3.25. The summed E-state index contributed by atoms with van der Waals surface area (Å²) in [4.78, 5) is 31.2. The Bertz CT molecular complexity index is 1150. The molecule has 0 aromatic carbocycles. The average molecular weight is 406 g/mol. The number of fused-ring (bicyclic) bond motifs is 2. The van der Waals surface area contributed by atoms with Gasteiger partial charge < -0.3 is 0 Å². The van der Waals surface area contributed by atoms with E-state index >= 15 is 0 Å². The number of thiophene rings is 1. The molecule has 4 rings (SSSR count). The summed E-state index contributed by atoms with van der Waals surface area (Å²) in [6.07, 6.45) is 5.17. The summed E-state index contributed by atoms with van der Waals surface area (Å²) in [5.41, 5.74) is 0.606. The third-order valence-corrected chi connectivity index (χ3v) is 7.33. The standard InChI is InChI=1S/C15H11N5OS4/c1-3-5-20-13(21)8-4-6-23-11(8)19-14(20)25-12-9-10(16-7-17-12)18-15(22-2)24-9/h3-4,6-7H,1,5H2,2H3. The van der Waals surface area contributed by atoms with Crippen molar-refractivity contribution in [2.24, 2.45) is 0 Å². The maximum atomic E-state index is 12.7. The topological polar surface area (TPSA) is 73.6 Å². The highest BCUT2D eigenvalue weighted by molar-refractivity contribution is 8.00. The van der Waals surface area contributed by atoms with Crippen LogP contribution in [0.4, 0.5) is 0 Å². The Morgan fingerprint density at radius 3 is 3.04 bits per heavy atom. The largest absolute Gasteiger partial charge is 0.283 e. The normalized spacial score (nSPS) is 11.4. The zero-order valence-corrected chi connectivity index (χ0v) is 16.3. The van der Waals surface area contributed by atoms with Crippen molar-refractivity contribution in [1.82, 2.24) is 24.5 Å². The molecule has 10 heteroatoms. The van der Waals surface area contributed by atoms with Gasteiger partial charge in [-0.2, -0.15) is 0 Å². The van der Waals surface area contributed by atoms with Gasteiger partial charge in [0.05, 0.1) is 5.39 Å². The van der Waals surface area contributed by atoms with E-state index in [-0.39, 0.29) is 5.56 Å². The van der Waals surface area contributed by atoms with E-state index in [9.17, 15) is 4.79 Å². The number of hydrogen-bond donors (Lipinski definition) is 0. The van der Waals surface area contributed by atoms with Gasteiger partial charge in [0.25, 0.3) is 5.56 Å². The first-order valence-electron chi connectivity index (χ1n) is 7.13. The molecule has 4 aromatic heterocycles. The molecule has 126 valence electrons. The van der Waals surface area contributed by atoms with Crippen LogP contribution >= 0.6 is 46.2 Å². The number of thioether (sulfide) groups is 1. The molecule has 0 spiro atoms. The monoisotopic (exact) mass is 405 g/mol. The molecule has 0 unspecified atom stereocenters. The molecule has 6 nitrogen and oxygen atoms in total. The summed E-state index contributed by atoms with van der Waals surface area (Å²) in [6, 6.07) is 1.81. The molecule has 25 heavy (non-hydrogen) atoms. The Kier molecular flexibility index (Phi) is 4.59. The van der Waals surface area contributed by atoms with Crippen molar-refractivity contribution in [3.8, 4) is 0 Å². The number of thiazole rings is 1. The fourth-order valence-electron chi connectivity index (χ4n) is 2.26. The van der Waals surface area contributed by atoms with Crippen LogP contribution in [0.25, 0.3) is 20.6 Å². The zero-order valence-electron chi connectivity index (χ0n) is 13.0. The third-order valence-electron chi connectivity index (χ3n) is 3.36. The highest BCUT2D eigenvalue weighted by Gasteiger charge is 2.16. The van der Waals surface area contributed by atoms with E-state index in [1.807, 2.05) is 11.6 Å². The predicted octanol–water partition coefficient (Wildman–Crippen LogP) is 3.92. The Morgan fingerprint density at radius 1 is 1.36 bits per heavy atom. The minimum Gasteiger partial charge on any atom is -0.283 e. The summed E-state index contributed by atoms with van der Waals surface area (Å²) in [6.45, 7) is 4.14. The van der Waals surface area contributed by atoms with Gasteiger partial charge in [0, 0.05) is 6.54 Å². The molecule has 0 N–H and O–H groups in total. The van der Waals surface area contributed by atoms with E-state index in [1.54, 1.807) is 39.8 Å². The van der Waals surface area contributed by atoms with Gasteiger partial charge in [-0.25, -0.2) is 19.9 Å². The molecule has 0 atom stereocenters. The second kappa shape index (κ2) is 6.87. The maximum Gasteiger partial charge on any atom is 0.263 e. The number of allylic oxidation sites excluding steroid dienone is 1. The molecule has 0 bridgehead atoms. The molecule has 0 fully saturated rings. The lowest BCUT2D eigenvalue weighted by Crippen LogP contribution is -2.22. The van der Waals surface area contributed by atoms with Gasteiger partial charge in [-0.05, 0) is 29.5 Å². The SMILES string of the molecule is C=CCn1c(Sc2ncnc3nc(SC)sc23)nc2sccc2c1=O. The van der Waals surface area contributed by atoms with Crippen LogP contribution in [0.2, 0.25) is 0 Å². The lowest BCUT2D eigenvalue weighted by molar-refractivity contribution is 0.672.